The predicted octanol–water partition coefficient (Wildman–Crippen LogP) is 4.82. The van der Waals surface area contributed by atoms with E-state index >= 15 is 0 Å². The summed E-state index contributed by atoms with van der Waals surface area (Å²) >= 11 is 1.34. The molecule has 4 aromatic rings. The maximum atomic E-state index is 13.9. The fraction of sp³-hybridized carbons (Fsp3) is 0.258. The first-order chi connectivity index (χ1) is 18.2. The number of hydrogen-bond donors (Lipinski definition) is 0. The van der Waals surface area contributed by atoms with E-state index < -0.39 is 12.0 Å². The zero-order valence-electron chi connectivity index (χ0n) is 22.5. The molecule has 0 bridgehead atoms. The Labute approximate surface area is 225 Å². The number of hydrogen-bond acceptors (Lipinski definition) is 5. The van der Waals surface area contributed by atoms with Crippen LogP contribution in [-0.4, -0.2) is 21.7 Å². The van der Waals surface area contributed by atoms with Crippen LogP contribution in [0.1, 0.15) is 53.5 Å². The van der Waals surface area contributed by atoms with Crippen molar-refractivity contribution in [2.45, 2.75) is 47.6 Å². The summed E-state index contributed by atoms with van der Waals surface area (Å²) < 4.78 is 9.79. The van der Waals surface area contributed by atoms with Crippen LogP contribution in [0.3, 0.4) is 0 Å². The van der Waals surface area contributed by atoms with Crippen LogP contribution in [0, 0.1) is 27.7 Å². The average molecular weight is 526 g/mol. The number of carbonyl (C=O) groups excluding carboxylic acids is 1. The van der Waals surface area contributed by atoms with Crippen LogP contribution in [0.15, 0.2) is 75.7 Å². The third-order valence-corrected chi connectivity index (χ3v) is 7.94. The lowest BCUT2D eigenvalue weighted by Crippen LogP contribution is -2.39. The SMILES string of the molecule is CCOC(=O)C1=C(C)N=c2s/c(=C\c3cc(C)n(-c4ccc(C)cc4)c3C)c(=O)n2C1c1ccc(C)cc1. The van der Waals surface area contributed by atoms with Gasteiger partial charge in [0.25, 0.3) is 5.56 Å². The van der Waals surface area contributed by atoms with Crippen molar-refractivity contribution in [1.82, 2.24) is 9.13 Å². The Hall–Kier alpha value is -3.97. The van der Waals surface area contributed by atoms with Gasteiger partial charge in [-0.2, -0.15) is 0 Å². The van der Waals surface area contributed by atoms with Gasteiger partial charge >= 0.3 is 5.97 Å². The quantitative estimate of drug-likeness (QED) is 0.351. The van der Waals surface area contributed by atoms with Crippen molar-refractivity contribution in [2.24, 2.45) is 4.99 Å². The molecular formula is C31H31N3O3S. The smallest absolute Gasteiger partial charge is 0.338 e. The third-order valence-electron chi connectivity index (χ3n) is 6.96. The molecule has 1 atom stereocenters. The van der Waals surface area contributed by atoms with E-state index in [0.717, 1.165) is 33.8 Å². The molecule has 0 saturated carbocycles. The van der Waals surface area contributed by atoms with E-state index in [-0.39, 0.29) is 12.2 Å². The van der Waals surface area contributed by atoms with Gasteiger partial charge in [0, 0.05) is 17.1 Å². The number of carbonyl (C=O) groups is 1. The van der Waals surface area contributed by atoms with Crippen molar-refractivity contribution in [3.05, 3.63) is 119 Å². The number of aromatic nitrogens is 2. The second kappa shape index (κ2) is 10.1. The molecular weight excluding hydrogens is 494 g/mol. The molecule has 0 amide bonds. The zero-order chi connectivity index (χ0) is 27.1. The Morgan fingerprint density at radius 3 is 2.26 bits per heavy atom. The highest BCUT2D eigenvalue weighted by Gasteiger charge is 2.33. The summed E-state index contributed by atoms with van der Waals surface area (Å²) in [6, 6.07) is 17.8. The summed E-state index contributed by atoms with van der Waals surface area (Å²) in [5.74, 6) is -0.449. The maximum absolute atomic E-state index is 13.9. The van der Waals surface area contributed by atoms with E-state index in [1.165, 1.54) is 16.9 Å². The van der Waals surface area contributed by atoms with E-state index in [9.17, 15) is 9.59 Å². The van der Waals surface area contributed by atoms with Gasteiger partial charge in [0.05, 0.1) is 28.5 Å². The molecule has 6 nitrogen and oxygen atoms in total. The van der Waals surface area contributed by atoms with Gasteiger partial charge in [-0.3, -0.25) is 9.36 Å². The van der Waals surface area contributed by atoms with Gasteiger partial charge in [-0.1, -0.05) is 58.9 Å². The molecule has 7 heteroatoms. The first kappa shape index (κ1) is 25.7. The van der Waals surface area contributed by atoms with E-state index in [1.54, 1.807) is 18.4 Å². The van der Waals surface area contributed by atoms with Crippen molar-refractivity contribution in [2.75, 3.05) is 6.61 Å². The molecule has 3 heterocycles. The highest BCUT2D eigenvalue weighted by atomic mass is 32.1. The fourth-order valence-corrected chi connectivity index (χ4v) is 6.06. The van der Waals surface area contributed by atoms with Crippen LogP contribution >= 0.6 is 11.3 Å². The van der Waals surface area contributed by atoms with Crippen LogP contribution in [0.2, 0.25) is 0 Å². The van der Waals surface area contributed by atoms with Crippen LogP contribution in [0.25, 0.3) is 11.8 Å². The molecule has 0 N–H and O–H groups in total. The average Bonchev–Trinajstić information content (AvgIpc) is 3.34. The minimum Gasteiger partial charge on any atom is -0.463 e. The molecule has 5 rings (SSSR count). The lowest BCUT2D eigenvalue weighted by Gasteiger charge is -2.24. The van der Waals surface area contributed by atoms with Gasteiger partial charge in [-0.05, 0) is 76.9 Å². The number of esters is 1. The zero-order valence-corrected chi connectivity index (χ0v) is 23.3. The standard InChI is InChI=1S/C31H31N3O3S/c1-7-37-30(36)27-21(5)32-31-34(28(27)23-12-8-18(2)9-13-23)29(35)26(38-31)17-24-16-20(4)33(22(24)6)25-14-10-19(3)11-15-25/h8-17,28H,7H2,1-6H3/b26-17-. The number of thiazole rings is 1. The highest BCUT2D eigenvalue weighted by Crippen LogP contribution is 2.31. The topological polar surface area (TPSA) is 65.6 Å². The molecule has 2 aromatic heterocycles. The van der Waals surface area contributed by atoms with Crippen molar-refractivity contribution in [1.29, 1.82) is 0 Å². The molecule has 38 heavy (non-hydrogen) atoms. The van der Waals surface area contributed by atoms with Gasteiger partial charge in [-0.25, -0.2) is 9.79 Å². The third kappa shape index (κ3) is 4.47. The van der Waals surface area contributed by atoms with E-state index in [0.29, 0.717) is 20.6 Å². The van der Waals surface area contributed by atoms with E-state index in [1.807, 2.05) is 37.3 Å². The highest BCUT2D eigenvalue weighted by molar-refractivity contribution is 7.07. The molecule has 0 saturated heterocycles. The second-order valence-electron chi connectivity index (χ2n) is 9.71. The predicted molar refractivity (Wildman–Crippen MR) is 152 cm³/mol. The minimum atomic E-state index is -0.604. The lowest BCUT2D eigenvalue weighted by atomic mass is 9.95. The van der Waals surface area contributed by atoms with Crippen LogP contribution in [-0.2, 0) is 9.53 Å². The molecule has 0 aliphatic carbocycles. The minimum absolute atomic E-state index is 0.172. The molecule has 194 valence electrons. The Kier molecular flexibility index (Phi) is 6.80. The fourth-order valence-electron chi connectivity index (χ4n) is 5.02. The number of fused-ring (bicyclic) bond motifs is 1. The maximum Gasteiger partial charge on any atom is 0.338 e. The lowest BCUT2D eigenvalue weighted by molar-refractivity contribution is -0.139. The Morgan fingerprint density at radius 2 is 1.63 bits per heavy atom. The largest absolute Gasteiger partial charge is 0.463 e. The molecule has 0 fully saturated rings. The van der Waals surface area contributed by atoms with Gasteiger partial charge < -0.3 is 9.30 Å². The normalized spacial score (nSPS) is 15.4. The molecule has 1 aliphatic heterocycles. The molecule has 0 radical (unpaired) electrons. The van der Waals surface area contributed by atoms with Gasteiger partial charge in [0.2, 0.25) is 0 Å². The van der Waals surface area contributed by atoms with E-state index in [4.69, 9.17) is 4.74 Å². The first-order valence-electron chi connectivity index (χ1n) is 12.7. The summed E-state index contributed by atoms with van der Waals surface area (Å²) in [6.45, 7) is 12.0. The number of benzene rings is 2. The van der Waals surface area contributed by atoms with Crippen molar-refractivity contribution < 1.29 is 9.53 Å². The summed E-state index contributed by atoms with van der Waals surface area (Å²) in [4.78, 5) is 32.2. The number of rotatable bonds is 5. The summed E-state index contributed by atoms with van der Waals surface area (Å²) in [5.41, 5.74) is 8.14. The Morgan fingerprint density at radius 1 is 1.00 bits per heavy atom. The molecule has 0 spiro atoms. The Balaban J connectivity index is 1.68. The second-order valence-corrected chi connectivity index (χ2v) is 10.7. The first-order valence-corrected chi connectivity index (χ1v) is 13.5. The van der Waals surface area contributed by atoms with Crippen molar-refractivity contribution >= 4 is 23.4 Å². The van der Waals surface area contributed by atoms with Crippen LogP contribution in [0.4, 0.5) is 0 Å². The van der Waals surface area contributed by atoms with E-state index in [2.05, 4.69) is 60.7 Å². The van der Waals surface area contributed by atoms with Crippen LogP contribution < -0.4 is 14.9 Å². The van der Waals surface area contributed by atoms with Gasteiger partial charge in [-0.15, -0.1) is 0 Å². The molecule has 2 aromatic carbocycles. The summed E-state index contributed by atoms with van der Waals surface area (Å²) in [6.07, 6.45) is 1.94. The van der Waals surface area contributed by atoms with Gasteiger partial charge in [0.1, 0.15) is 0 Å². The van der Waals surface area contributed by atoms with Crippen LogP contribution in [0.5, 0.6) is 0 Å². The number of ether oxygens (including phenoxy) is 1. The van der Waals surface area contributed by atoms with Crippen molar-refractivity contribution in [3.8, 4) is 5.69 Å². The molecule has 1 aliphatic rings. The summed E-state index contributed by atoms with van der Waals surface area (Å²) in [5, 5.41) is 0. The number of aryl methyl sites for hydroxylation is 3. The number of allylic oxidation sites excluding steroid dienone is 1. The van der Waals surface area contributed by atoms with Crippen molar-refractivity contribution in [3.63, 3.8) is 0 Å². The number of nitrogens with zero attached hydrogens (tertiary/aromatic N) is 3. The van der Waals surface area contributed by atoms with Gasteiger partial charge in [0.15, 0.2) is 4.80 Å². The Bertz CT molecular complexity index is 1750. The summed E-state index contributed by atoms with van der Waals surface area (Å²) in [7, 11) is 0. The molecule has 1 unspecified atom stereocenters. The monoisotopic (exact) mass is 525 g/mol.